The van der Waals surface area contributed by atoms with Crippen LogP contribution < -0.4 is 5.32 Å². The molecule has 0 aromatic rings. The Morgan fingerprint density at radius 3 is 2.69 bits per heavy atom. The minimum Gasteiger partial charge on any atom is -0.380 e. The number of likely N-dealkylation sites (N-methyl/N-ethyl adjacent to an activating group) is 1. The van der Waals surface area contributed by atoms with E-state index in [-0.39, 0.29) is 0 Å². The highest BCUT2D eigenvalue weighted by molar-refractivity contribution is 5.14. The Balaban J connectivity index is 2.67. The van der Waals surface area contributed by atoms with Gasteiger partial charge in [0.05, 0.1) is 12.1 Å². The van der Waals surface area contributed by atoms with Crippen molar-refractivity contribution in [1.82, 2.24) is 5.32 Å². The van der Waals surface area contributed by atoms with Crippen molar-refractivity contribution in [2.45, 2.75) is 64.0 Å². The van der Waals surface area contributed by atoms with Crippen LogP contribution in [-0.2, 0) is 4.74 Å². The van der Waals surface area contributed by atoms with Crippen molar-refractivity contribution in [2.24, 2.45) is 0 Å². The van der Waals surface area contributed by atoms with Crippen molar-refractivity contribution in [3.63, 3.8) is 0 Å². The largest absolute Gasteiger partial charge is 0.380 e. The van der Waals surface area contributed by atoms with Gasteiger partial charge in [-0.2, -0.15) is 0 Å². The van der Waals surface area contributed by atoms with Crippen molar-refractivity contribution in [1.29, 1.82) is 0 Å². The topological polar surface area (TPSA) is 21.3 Å². The fourth-order valence-corrected chi connectivity index (χ4v) is 2.65. The van der Waals surface area contributed by atoms with Gasteiger partial charge in [-0.15, -0.1) is 0 Å². The predicted molar refractivity (Wildman–Crippen MR) is 69.7 cm³/mol. The molecule has 2 heteroatoms. The highest BCUT2D eigenvalue weighted by atomic mass is 16.5. The molecular weight excluding hydrogens is 198 g/mol. The van der Waals surface area contributed by atoms with E-state index in [1.807, 2.05) is 14.2 Å². The fourth-order valence-electron chi connectivity index (χ4n) is 2.65. The van der Waals surface area contributed by atoms with Crippen molar-refractivity contribution in [2.75, 3.05) is 14.2 Å². The number of nitrogens with one attached hydrogen (secondary N) is 1. The van der Waals surface area contributed by atoms with Gasteiger partial charge >= 0.3 is 0 Å². The summed E-state index contributed by atoms with van der Waals surface area (Å²) in [6.07, 6.45) is 11.8. The van der Waals surface area contributed by atoms with Gasteiger partial charge in [-0.25, -0.2) is 0 Å². The van der Waals surface area contributed by atoms with Gasteiger partial charge in [-0.1, -0.05) is 31.4 Å². The highest BCUT2D eigenvalue weighted by Crippen LogP contribution is 2.22. The van der Waals surface area contributed by atoms with E-state index in [0.29, 0.717) is 12.1 Å². The molecule has 0 heterocycles. The summed E-state index contributed by atoms with van der Waals surface area (Å²) in [5.74, 6) is 0. The van der Waals surface area contributed by atoms with Crippen LogP contribution in [0.3, 0.4) is 0 Å². The molecule has 0 spiro atoms. The van der Waals surface area contributed by atoms with Gasteiger partial charge in [0.15, 0.2) is 0 Å². The van der Waals surface area contributed by atoms with Crippen LogP contribution in [0.25, 0.3) is 0 Å². The summed E-state index contributed by atoms with van der Waals surface area (Å²) in [6.45, 7) is 2.20. The minimum atomic E-state index is 0.315. The first-order valence-corrected chi connectivity index (χ1v) is 6.72. The monoisotopic (exact) mass is 225 g/mol. The summed E-state index contributed by atoms with van der Waals surface area (Å²) >= 11 is 0. The first-order chi connectivity index (χ1) is 7.83. The molecule has 0 aromatic carbocycles. The standard InChI is InChI=1S/C14H27NO/c1-4-13(16-3)14(15-2)12-10-8-6-5-7-9-11-12/h10,13-15H,4-9,11H2,1-3H3. The van der Waals surface area contributed by atoms with Gasteiger partial charge in [0.1, 0.15) is 0 Å². The number of ether oxygens (including phenoxy) is 1. The third-order valence-electron chi connectivity index (χ3n) is 3.61. The van der Waals surface area contributed by atoms with E-state index in [1.165, 1.54) is 38.5 Å². The molecule has 1 rings (SSSR count). The zero-order valence-electron chi connectivity index (χ0n) is 11.1. The number of methoxy groups -OCH3 is 1. The third-order valence-corrected chi connectivity index (χ3v) is 3.61. The number of rotatable bonds is 5. The molecule has 1 aliphatic carbocycles. The molecule has 0 fully saturated rings. The third kappa shape index (κ3) is 3.91. The summed E-state index contributed by atoms with van der Waals surface area (Å²) in [4.78, 5) is 0. The lowest BCUT2D eigenvalue weighted by Crippen LogP contribution is -2.40. The summed E-state index contributed by atoms with van der Waals surface area (Å²) in [6, 6.07) is 0.410. The Hall–Kier alpha value is -0.340. The zero-order chi connectivity index (χ0) is 11.8. The summed E-state index contributed by atoms with van der Waals surface area (Å²) in [5.41, 5.74) is 1.57. The average Bonchev–Trinajstić information content (AvgIpc) is 2.26. The van der Waals surface area contributed by atoms with E-state index in [9.17, 15) is 0 Å². The zero-order valence-corrected chi connectivity index (χ0v) is 11.1. The summed E-state index contributed by atoms with van der Waals surface area (Å²) in [7, 11) is 3.87. The van der Waals surface area contributed by atoms with E-state index in [1.54, 1.807) is 5.57 Å². The van der Waals surface area contributed by atoms with Gasteiger partial charge in [0, 0.05) is 7.11 Å². The fraction of sp³-hybridized carbons (Fsp3) is 0.857. The molecule has 0 saturated heterocycles. The average molecular weight is 225 g/mol. The van der Waals surface area contributed by atoms with E-state index in [4.69, 9.17) is 4.74 Å². The number of hydrogen-bond acceptors (Lipinski definition) is 2. The second-order valence-electron chi connectivity index (χ2n) is 4.68. The van der Waals surface area contributed by atoms with Gasteiger partial charge in [0.25, 0.3) is 0 Å². The molecule has 0 radical (unpaired) electrons. The molecule has 94 valence electrons. The van der Waals surface area contributed by atoms with Crippen LogP contribution >= 0.6 is 0 Å². The van der Waals surface area contributed by atoms with Crippen LogP contribution in [0.2, 0.25) is 0 Å². The number of allylic oxidation sites excluding steroid dienone is 1. The van der Waals surface area contributed by atoms with Gasteiger partial charge in [0.2, 0.25) is 0 Å². The van der Waals surface area contributed by atoms with Crippen LogP contribution in [-0.4, -0.2) is 26.3 Å². The van der Waals surface area contributed by atoms with E-state index >= 15 is 0 Å². The van der Waals surface area contributed by atoms with E-state index in [2.05, 4.69) is 18.3 Å². The maximum atomic E-state index is 5.57. The van der Waals surface area contributed by atoms with Gasteiger partial charge < -0.3 is 10.1 Å². The van der Waals surface area contributed by atoms with Gasteiger partial charge in [-0.05, 0) is 39.2 Å². The lowest BCUT2D eigenvalue weighted by molar-refractivity contribution is 0.0768. The Labute approximate surface area is 100 Å². The molecule has 2 unspecified atom stereocenters. The molecule has 0 amide bonds. The van der Waals surface area contributed by atoms with Crippen LogP contribution in [0.15, 0.2) is 11.6 Å². The van der Waals surface area contributed by atoms with Crippen LogP contribution in [0.1, 0.15) is 51.9 Å². The van der Waals surface area contributed by atoms with Crippen molar-refractivity contribution in [3.8, 4) is 0 Å². The molecule has 2 nitrogen and oxygen atoms in total. The van der Waals surface area contributed by atoms with Crippen LogP contribution in [0, 0.1) is 0 Å². The molecule has 2 atom stereocenters. The van der Waals surface area contributed by atoms with Gasteiger partial charge in [-0.3, -0.25) is 0 Å². The second kappa shape index (κ2) is 7.86. The first kappa shape index (κ1) is 13.7. The van der Waals surface area contributed by atoms with Crippen LogP contribution in [0.4, 0.5) is 0 Å². The SMILES string of the molecule is CCC(OC)C(NC)C1=CCCCCCC1. The van der Waals surface area contributed by atoms with Crippen molar-refractivity contribution < 1.29 is 4.74 Å². The Morgan fingerprint density at radius 2 is 2.06 bits per heavy atom. The van der Waals surface area contributed by atoms with E-state index in [0.717, 1.165) is 6.42 Å². The summed E-state index contributed by atoms with van der Waals surface area (Å²) in [5, 5.41) is 3.43. The molecule has 1 aliphatic rings. The normalized spacial score (nSPS) is 21.8. The Bertz CT molecular complexity index is 209. The van der Waals surface area contributed by atoms with Crippen molar-refractivity contribution in [3.05, 3.63) is 11.6 Å². The lowest BCUT2D eigenvalue weighted by Gasteiger charge is -2.28. The predicted octanol–water partition coefficient (Wildman–Crippen LogP) is 3.28. The number of hydrogen-bond donors (Lipinski definition) is 1. The van der Waals surface area contributed by atoms with Crippen molar-refractivity contribution >= 4 is 0 Å². The molecule has 0 saturated carbocycles. The maximum Gasteiger partial charge on any atom is 0.0760 e. The molecule has 0 aliphatic heterocycles. The highest BCUT2D eigenvalue weighted by Gasteiger charge is 2.21. The second-order valence-corrected chi connectivity index (χ2v) is 4.68. The first-order valence-electron chi connectivity index (χ1n) is 6.72. The molecular formula is C14H27NO. The molecule has 16 heavy (non-hydrogen) atoms. The maximum absolute atomic E-state index is 5.57. The minimum absolute atomic E-state index is 0.315. The Kier molecular flexibility index (Phi) is 6.74. The lowest BCUT2D eigenvalue weighted by atomic mass is 9.91. The molecule has 1 N–H and O–H groups in total. The quantitative estimate of drug-likeness (QED) is 0.725. The van der Waals surface area contributed by atoms with Crippen LogP contribution in [0.5, 0.6) is 0 Å². The molecule has 0 aromatic heterocycles. The summed E-state index contributed by atoms with van der Waals surface area (Å²) < 4.78 is 5.57. The Morgan fingerprint density at radius 1 is 1.31 bits per heavy atom. The molecule has 0 bridgehead atoms. The smallest absolute Gasteiger partial charge is 0.0760 e. The van der Waals surface area contributed by atoms with E-state index < -0.39 is 0 Å².